The van der Waals surface area contributed by atoms with Gasteiger partial charge in [0, 0.05) is 5.25 Å². The number of aromatic hydroxyl groups is 1. The molecule has 16 heavy (non-hydrogen) atoms. The fourth-order valence-corrected chi connectivity index (χ4v) is 4.70. The van der Waals surface area contributed by atoms with Gasteiger partial charge in [-0.3, -0.25) is 0 Å². The SMILES string of the molecule is Oc1ccc2nc(SC3CCCC3)sc2c1. The molecule has 2 nitrogen and oxygen atoms in total. The van der Waals surface area contributed by atoms with Crippen LogP contribution in [0.4, 0.5) is 0 Å². The summed E-state index contributed by atoms with van der Waals surface area (Å²) < 4.78 is 2.23. The van der Waals surface area contributed by atoms with E-state index in [1.807, 2.05) is 17.8 Å². The summed E-state index contributed by atoms with van der Waals surface area (Å²) in [5.41, 5.74) is 1.00. The predicted octanol–water partition coefficient (Wildman–Crippen LogP) is 4.04. The number of nitrogens with zero attached hydrogens (tertiary/aromatic N) is 1. The monoisotopic (exact) mass is 251 g/mol. The Labute approximate surface area is 103 Å². The van der Waals surface area contributed by atoms with Crippen LogP contribution < -0.4 is 0 Å². The van der Waals surface area contributed by atoms with Crippen molar-refractivity contribution in [2.45, 2.75) is 35.3 Å². The molecule has 1 saturated carbocycles. The molecule has 0 radical (unpaired) electrons. The lowest BCUT2D eigenvalue weighted by molar-refractivity contribution is 0.476. The number of rotatable bonds is 2. The molecule has 1 fully saturated rings. The van der Waals surface area contributed by atoms with Gasteiger partial charge in [-0.25, -0.2) is 4.98 Å². The van der Waals surface area contributed by atoms with Gasteiger partial charge in [-0.1, -0.05) is 24.6 Å². The second-order valence-corrected chi connectivity index (χ2v) is 6.73. The number of phenols is 1. The molecule has 2 aromatic rings. The molecule has 0 saturated heterocycles. The van der Waals surface area contributed by atoms with Crippen molar-refractivity contribution in [2.24, 2.45) is 0 Å². The van der Waals surface area contributed by atoms with Gasteiger partial charge in [0.15, 0.2) is 4.34 Å². The number of thiazole rings is 1. The maximum Gasteiger partial charge on any atom is 0.151 e. The molecule has 0 spiro atoms. The Morgan fingerprint density at radius 2 is 2.12 bits per heavy atom. The summed E-state index contributed by atoms with van der Waals surface area (Å²) in [7, 11) is 0. The normalized spacial score (nSPS) is 17.2. The van der Waals surface area contributed by atoms with Gasteiger partial charge >= 0.3 is 0 Å². The van der Waals surface area contributed by atoms with Gasteiger partial charge in [0.05, 0.1) is 10.2 Å². The third kappa shape index (κ3) is 2.04. The molecular weight excluding hydrogens is 238 g/mol. The third-order valence-electron chi connectivity index (χ3n) is 2.92. The van der Waals surface area contributed by atoms with E-state index in [1.165, 1.54) is 25.7 Å². The van der Waals surface area contributed by atoms with Crippen LogP contribution in [0.2, 0.25) is 0 Å². The smallest absolute Gasteiger partial charge is 0.151 e. The molecule has 1 heterocycles. The second-order valence-electron chi connectivity index (χ2n) is 4.16. The van der Waals surface area contributed by atoms with Crippen molar-refractivity contribution in [1.82, 2.24) is 4.98 Å². The van der Waals surface area contributed by atoms with E-state index in [2.05, 4.69) is 4.98 Å². The Morgan fingerprint density at radius 1 is 1.31 bits per heavy atom. The van der Waals surface area contributed by atoms with E-state index in [1.54, 1.807) is 23.5 Å². The average molecular weight is 251 g/mol. The highest BCUT2D eigenvalue weighted by Gasteiger charge is 2.18. The maximum absolute atomic E-state index is 9.40. The highest BCUT2D eigenvalue weighted by Crippen LogP contribution is 2.38. The fourth-order valence-electron chi connectivity index (χ4n) is 2.09. The van der Waals surface area contributed by atoms with Gasteiger partial charge in [-0.2, -0.15) is 0 Å². The summed E-state index contributed by atoms with van der Waals surface area (Å²) in [4.78, 5) is 4.59. The van der Waals surface area contributed by atoms with Crippen molar-refractivity contribution in [3.8, 4) is 5.75 Å². The topological polar surface area (TPSA) is 33.1 Å². The molecule has 0 unspecified atom stereocenters. The summed E-state index contributed by atoms with van der Waals surface area (Å²) in [6.45, 7) is 0. The van der Waals surface area contributed by atoms with Gasteiger partial charge in [-0.05, 0) is 31.0 Å². The molecule has 1 aromatic carbocycles. The molecule has 0 aliphatic heterocycles. The number of thioether (sulfide) groups is 1. The zero-order chi connectivity index (χ0) is 11.0. The van der Waals surface area contributed by atoms with E-state index in [9.17, 15) is 5.11 Å². The van der Waals surface area contributed by atoms with Crippen LogP contribution in [0.5, 0.6) is 5.75 Å². The Bertz CT molecular complexity index is 503. The van der Waals surface area contributed by atoms with Crippen LogP contribution in [0.15, 0.2) is 22.5 Å². The molecule has 1 aromatic heterocycles. The molecule has 84 valence electrons. The molecule has 1 aliphatic carbocycles. The lowest BCUT2D eigenvalue weighted by Crippen LogP contribution is -1.92. The first kappa shape index (κ1) is 10.4. The van der Waals surface area contributed by atoms with Crippen molar-refractivity contribution in [1.29, 1.82) is 0 Å². The summed E-state index contributed by atoms with van der Waals surface area (Å²) in [5.74, 6) is 0.327. The fraction of sp³-hybridized carbons (Fsp3) is 0.417. The summed E-state index contributed by atoms with van der Waals surface area (Å²) >= 11 is 3.60. The lowest BCUT2D eigenvalue weighted by Gasteiger charge is -2.03. The highest BCUT2D eigenvalue weighted by molar-refractivity contribution is 8.01. The zero-order valence-electron chi connectivity index (χ0n) is 8.85. The van der Waals surface area contributed by atoms with Gasteiger partial charge in [0.1, 0.15) is 5.75 Å². The van der Waals surface area contributed by atoms with E-state index in [0.717, 1.165) is 19.8 Å². The van der Waals surface area contributed by atoms with E-state index in [0.29, 0.717) is 5.75 Å². The minimum absolute atomic E-state index is 0.327. The number of fused-ring (bicyclic) bond motifs is 1. The Hall–Kier alpha value is -0.740. The summed E-state index contributed by atoms with van der Waals surface area (Å²) in [6, 6.07) is 5.39. The van der Waals surface area contributed by atoms with Crippen LogP contribution in [0.3, 0.4) is 0 Å². The number of phenolic OH excluding ortho intramolecular Hbond substituents is 1. The van der Waals surface area contributed by atoms with Crippen LogP contribution >= 0.6 is 23.1 Å². The molecule has 1 aliphatic rings. The van der Waals surface area contributed by atoms with E-state index < -0.39 is 0 Å². The summed E-state index contributed by atoms with van der Waals surface area (Å²) in [6.07, 6.45) is 5.38. The molecular formula is C12H13NOS2. The van der Waals surface area contributed by atoms with Crippen molar-refractivity contribution in [3.63, 3.8) is 0 Å². The maximum atomic E-state index is 9.40. The van der Waals surface area contributed by atoms with Gasteiger partial charge < -0.3 is 5.11 Å². The van der Waals surface area contributed by atoms with Gasteiger partial charge in [-0.15, -0.1) is 11.3 Å². The predicted molar refractivity (Wildman–Crippen MR) is 69.4 cm³/mol. The first-order chi connectivity index (χ1) is 7.81. The standard InChI is InChI=1S/C12H13NOS2/c14-8-5-6-10-11(7-8)16-12(13-10)15-9-3-1-2-4-9/h5-7,9,14H,1-4H2. The van der Waals surface area contributed by atoms with Crippen molar-refractivity contribution in [2.75, 3.05) is 0 Å². The van der Waals surface area contributed by atoms with Crippen LogP contribution in [-0.4, -0.2) is 15.3 Å². The van der Waals surface area contributed by atoms with Crippen LogP contribution in [0.25, 0.3) is 10.2 Å². The molecule has 0 bridgehead atoms. The minimum atomic E-state index is 0.327. The first-order valence-electron chi connectivity index (χ1n) is 5.57. The van der Waals surface area contributed by atoms with Gasteiger partial charge in [0.25, 0.3) is 0 Å². The largest absolute Gasteiger partial charge is 0.508 e. The summed E-state index contributed by atoms with van der Waals surface area (Å²) in [5, 5.41) is 10.2. The second kappa shape index (κ2) is 4.26. The van der Waals surface area contributed by atoms with Crippen molar-refractivity contribution in [3.05, 3.63) is 18.2 Å². The van der Waals surface area contributed by atoms with E-state index >= 15 is 0 Å². The third-order valence-corrected chi connectivity index (χ3v) is 5.37. The van der Waals surface area contributed by atoms with Crippen LogP contribution in [0, 0.1) is 0 Å². The molecule has 0 atom stereocenters. The highest BCUT2D eigenvalue weighted by atomic mass is 32.2. The zero-order valence-corrected chi connectivity index (χ0v) is 10.5. The first-order valence-corrected chi connectivity index (χ1v) is 7.27. The molecule has 3 rings (SSSR count). The number of hydrogen-bond acceptors (Lipinski definition) is 4. The lowest BCUT2D eigenvalue weighted by atomic mass is 10.3. The van der Waals surface area contributed by atoms with Crippen LogP contribution in [-0.2, 0) is 0 Å². The van der Waals surface area contributed by atoms with Gasteiger partial charge in [0.2, 0.25) is 0 Å². The van der Waals surface area contributed by atoms with Crippen LogP contribution in [0.1, 0.15) is 25.7 Å². The van der Waals surface area contributed by atoms with Crippen molar-refractivity contribution >= 4 is 33.3 Å². The van der Waals surface area contributed by atoms with Crippen molar-refractivity contribution < 1.29 is 5.11 Å². The Morgan fingerprint density at radius 3 is 2.94 bits per heavy atom. The Kier molecular flexibility index (Phi) is 2.77. The molecule has 1 N–H and O–H groups in total. The minimum Gasteiger partial charge on any atom is -0.508 e. The number of aromatic nitrogens is 1. The quantitative estimate of drug-likeness (QED) is 0.874. The average Bonchev–Trinajstić information content (AvgIpc) is 2.86. The molecule has 4 heteroatoms. The molecule has 0 amide bonds. The number of benzene rings is 1. The Balaban J connectivity index is 1.86. The number of hydrogen-bond donors (Lipinski definition) is 1. The van der Waals surface area contributed by atoms with E-state index in [4.69, 9.17) is 0 Å². The van der Waals surface area contributed by atoms with E-state index in [-0.39, 0.29) is 0 Å².